The molecular weight excluding hydrogens is 346 g/mol. The molecule has 2 atom stereocenters. The van der Waals surface area contributed by atoms with Crippen molar-refractivity contribution in [2.75, 3.05) is 0 Å². The third-order valence-electron chi connectivity index (χ3n) is 6.01. The fraction of sp³-hybridized carbons (Fsp3) is 0.360. The largest absolute Gasteiger partial charge is 0.362 e. The Bertz CT molecular complexity index is 928. The van der Waals surface area contributed by atoms with E-state index in [1.807, 2.05) is 43.3 Å². The minimum absolute atomic E-state index is 0.00710. The highest BCUT2D eigenvalue weighted by molar-refractivity contribution is 6.22. The molecule has 1 heterocycles. The quantitative estimate of drug-likeness (QED) is 0.703. The molecule has 2 aromatic rings. The molecule has 0 fully saturated rings. The van der Waals surface area contributed by atoms with E-state index in [1.165, 1.54) is 5.56 Å². The van der Waals surface area contributed by atoms with Gasteiger partial charge in [-0.15, -0.1) is 0 Å². The summed E-state index contributed by atoms with van der Waals surface area (Å²) in [5, 5.41) is 0. The molecule has 3 nitrogen and oxygen atoms in total. The minimum atomic E-state index is -0.255. The molecule has 0 bridgehead atoms. The van der Waals surface area contributed by atoms with Crippen molar-refractivity contribution in [1.29, 1.82) is 0 Å². The minimum Gasteiger partial charge on any atom is -0.362 e. The van der Waals surface area contributed by atoms with Crippen LogP contribution in [0.5, 0.6) is 0 Å². The summed E-state index contributed by atoms with van der Waals surface area (Å²) in [7, 11) is 0. The Morgan fingerprint density at radius 1 is 0.929 bits per heavy atom. The summed E-state index contributed by atoms with van der Waals surface area (Å²) >= 11 is 0. The highest BCUT2D eigenvalue weighted by atomic mass is 16.2. The van der Waals surface area contributed by atoms with Crippen molar-refractivity contribution >= 4 is 11.6 Å². The normalized spacial score (nSPS) is 24.3. The van der Waals surface area contributed by atoms with Crippen LogP contribution in [0.15, 0.2) is 71.9 Å². The van der Waals surface area contributed by atoms with Crippen molar-refractivity contribution in [2.45, 2.75) is 46.2 Å². The maximum Gasteiger partial charge on any atom is 0.173 e. The zero-order chi connectivity index (χ0) is 19.9. The van der Waals surface area contributed by atoms with Crippen LogP contribution in [0.4, 0.5) is 0 Å². The van der Waals surface area contributed by atoms with Gasteiger partial charge in [0.2, 0.25) is 0 Å². The second-order valence-electron chi connectivity index (χ2n) is 8.88. The molecule has 0 amide bonds. The van der Waals surface area contributed by atoms with Gasteiger partial charge in [-0.25, -0.2) is 0 Å². The summed E-state index contributed by atoms with van der Waals surface area (Å²) in [6.07, 6.45) is 1.20. The summed E-state index contributed by atoms with van der Waals surface area (Å²) < 4.78 is 0. The maximum atomic E-state index is 13.3. The van der Waals surface area contributed by atoms with Gasteiger partial charge in [0.15, 0.2) is 11.6 Å². The third kappa shape index (κ3) is 3.30. The van der Waals surface area contributed by atoms with Crippen molar-refractivity contribution in [3.63, 3.8) is 0 Å². The molecule has 0 aromatic heterocycles. The Hall–Kier alpha value is -2.68. The zero-order valence-corrected chi connectivity index (χ0v) is 16.8. The van der Waals surface area contributed by atoms with Crippen LogP contribution in [0.25, 0.3) is 0 Å². The van der Waals surface area contributed by atoms with Crippen molar-refractivity contribution < 1.29 is 9.59 Å². The number of nitrogens with zero attached hydrogens (tertiary/aromatic N) is 1. The fourth-order valence-corrected chi connectivity index (χ4v) is 4.71. The number of benzene rings is 2. The molecule has 0 radical (unpaired) electrons. The lowest BCUT2D eigenvalue weighted by Crippen LogP contribution is -2.46. The van der Waals surface area contributed by atoms with Gasteiger partial charge < -0.3 is 4.90 Å². The Labute approximate surface area is 167 Å². The number of hydrogen-bond donors (Lipinski definition) is 0. The monoisotopic (exact) mass is 373 g/mol. The smallest absolute Gasteiger partial charge is 0.173 e. The molecule has 28 heavy (non-hydrogen) atoms. The van der Waals surface area contributed by atoms with Gasteiger partial charge in [0.25, 0.3) is 0 Å². The van der Waals surface area contributed by atoms with Crippen molar-refractivity contribution in [3.8, 4) is 0 Å². The van der Waals surface area contributed by atoms with Gasteiger partial charge in [-0.2, -0.15) is 0 Å². The summed E-state index contributed by atoms with van der Waals surface area (Å²) in [5.74, 6) is -0.239. The highest BCUT2D eigenvalue weighted by Gasteiger charge is 2.46. The first-order chi connectivity index (χ1) is 13.4. The van der Waals surface area contributed by atoms with Gasteiger partial charge in [-0.3, -0.25) is 9.59 Å². The van der Waals surface area contributed by atoms with E-state index in [1.54, 1.807) is 0 Å². The number of allylic oxidation sites excluding steroid dienone is 2. The zero-order valence-electron chi connectivity index (χ0n) is 16.8. The van der Waals surface area contributed by atoms with E-state index in [2.05, 4.69) is 43.0 Å². The molecule has 0 saturated heterocycles. The van der Waals surface area contributed by atoms with E-state index in [0.717, 1.165) is 17.7 Å². The molecule has 1 aliphatic carbocycles. The number of carbonyl (C=O) groups excluding carboxylic acids is 2. The summed E-state index contributed by atoms with van der Waals surface area (Å²) in [5.41, 5.74) is 3.57. The lowest BCUT2D eigenvalue weighted by Gasteiger charge is -2.47. The molecule has 2 aliphatic rings. The molecule has 4 rings (SSSR count). The Morgan fingerprint density at radius 2 is 1.54 bits per heavy atom. The van der Waals surface area contributed by atoms with Crippen LogP contribution in [0, 0.1) is 11.3 Å². The summed E-state index contributed by atoms with van der Waals surface area (Å²) in [4.78, 5) is 28.5. The van der Waals surface area contributed by atoms with Crippen LogP contribution in [-0.2, 0) is 16.1 Å². The van der Waals surface area contributed by atoms with Crippen molar-refractivity contribution in [1.82, 2.24) is 4.90 Å². The Balaban J connectivity index is 1.87. The number of ketones is 2. The molecule has 0 spiro atoms. The fourth-order valence-electron chi connectivity index (χ4n) is 4.71. The predicted octanol–water partition coefficient (Wildman–Crippen LogP) is 5.09. The van der Waals surface area contributed by atoms with Crippen LogP contribution in [0.2, 0.25) is 0 Å². The van der Waals surface area contributed by atoms with E-state index < -0.39 is 0 Å². The van der Waals surface area contributed by atoms with E-state index in [-0.39, 0.29) is 28.9 Å². The van der Waals surface area contributed by atoms with Crippen LogP contribution >= 0.6 is 0 Å². The highest BCUT2D eigenvalue weighted by Crippen LogP contribution is 2.47. The first-order valence-corrected chi connectivity index (χ1v) is 10.0. The number of rotatable bonds is 3. The average Bonchev–Trinajstić information content (AvgIpc) is 2.66. The average molecular weight is 373 g/mol. The summed E-state index contributed by atoms with van der Waals surface area (Å²) in [6, 6.07) is 20.5. The first-order valence-electron chi connectivity index (χ1n) is 10.0. The van der Waals surface area contributed by atoms with E-state index in [0.29, 0.717) is 18.5 Å². The molecule has 2 unspecified atom stereocenters. The number of carbonyl (C=O) groups is 2. The molecular formula is C25H27NO2. The molecule has 1 aliphatic heterocycles. The number of hydrogen-bond acceptors (Lipinski definition) is 3. The summed E-state index contributed by atoms with van der Waals surface area (Å²) in [6.45, 7) is 6.90. The predicted molar refractivity (Wildman–Crippen MR) is 110 cm³/mol. The lowest BCUT2D eigenvalue weighted by atomic mass is 9.69. The third-order valence-corrected chi connectivity index (χ3v) is 6.01. The van der Waals surface area contributed by atoms with Gasteiger partial charge in [0.05, 0.1) is 11.6 Å². The standard InChI is InChI=1S/C25H27NO2/c1-17-23(19-12-8-5-9-13-19)26(16-18-10-6-4-7-11-18)20-14-25(2,3)15-21(27)22(20)24(17)28/h4-13,17,23H,14-16H2,1-3H3. The second kappa shape index (κ2) is 7.05. The molecule has 0 N–H and O–H groups in total. The molecule has 2 aromatic carbocycles. The van der Waals surface area contributed by atoms with E-state index in [9.17, 15) is 9.59 Å². The van der Waals surface area contributed by atoms with Gasteiger partial charge in [0, 0.05) is 24.6 Å². The van der Waals surface area contributed by atoms with Gasteiger partial charge in [-0.1, -0.05) is 81.4 Å². The van der Waals surface area contributed by atoms with Gasteiger partial charge >= 0.3 is 0 Å². The topological polar surface area (TPSA) is 37.4 Å². The van der Waals surface area contributed by atoms with E-state index in [4.69, 9.17) is 0 Å². The van der Waals surface area contributed by atoms with Crippen LogP contribution in [0.3, 0.4) is 0 Å². The van der Waals surface area contributed by atoms with Crippen LogP contribution in [-0.4, -0.2) is 16.5 Å². The van der Waals surface area contributed by atoms with Gasteiger partial charge in [-0.05, 0) is 23.0 Å². The van der Waals surface area contributed by atoms with Crippen LogP contribution in [0.1, 0.15) is 50.8 Å². The van der Waals surface area contributed by atoms with Crippen molar-refractivity contribution in [3.05, 3.63) is 83.1 Å². The molecule has 144 valence electrons. The van der Waals surface area contributed by atoms with Crippen LogP contribution < -0.4 is 0 Å². The Morgan fingerprint density at radius 3 is 2.18 bits per heavy atom. The maximum absolute atomic E-state index is 13.3. The SMILES string of the molecule is CC1C(=O)C2=C(CC(C)(C)CC2=O)N(Cc2ccccc2)C1c1ccccc1. The second-order valence-corrected chi connectivity index (χ2v) is 8.88. The number of Topliss-reactive ketones (excluding diaryl/α,β-unsaturated/α-hetero) is 2. The molecule has 0 saturated carbocycles. The first kappa shape index (κ1) is 18.7. The Kier molecular flexibility index (Phi) is 4.70. The van der Waals surface area contributed by atoms with E-state index >= 15 is 0 Å². The molecule has 3 heteroatoms. The lowest BCUT2D eigenvalue weighted by molar-refractivity contribution is -0.128. The van der Waals surface area contributed by atoms with Gasteiger partial charge in [0.1, 0.15) is 0 Å². The van der Waals surface area contributed by atoms with Crippen molar-refractivity contribution in [2.24, 2.45) is 11.3 Å².